The van der Waals surface area contributed by atoms with Gasteiger partial charge in [0, 0.05) is 18.9 Å². The normalized spacial score (nSPS) is 21.6. The topological polar surface area (TPSA) is 110 Å². The van der Waals surface area contributed by atoms with Crippen molar-refractivity contribution in [3.05, 3.63) is 0 Å². The summed E-state index contributed by atoms with van der Waals surface area (Å²) in [7, 11) is 0. The minimum Gasteiger partial charge on any atom is -0.354 e. The van der Waals surface area contributed by atoms with E-state index in [9.17, 15) is 19.2 Å². The highest BCUT2D eigenvalue weighted by molar-refractivity contribution is 6.16. The Hall–Kier alpha value is -1.76. The van der Waals surface area contributed by atoms with Gasteiger partial charge in [-0.15, -0.1) is 0 Å². The molecule has 0 spiro atoms. The molecule has 0 aromatic rings. The van der Waals surface area contributed by atoms with Crippen molar-refractivity contribution in [3.8, 4) is 0 Å². The van der Waals surface area contributed by atoms with Crippen LogP contribution < -0.4 is 11.1 Å². The number of carbonyl (C=O) groups excluding carboxylic acids is 4. The Labute approximate surface area is 168 Å². The van der Waals surface area contributed by atoms with Gasteiger partial charge in [-0.05, 0) is 37.0 Å². The molecule has 0 aromatic heterocycles. The molecule has 1 aliphatic heterocycles. The smallest absolute Gasteiger partial charge is 0.251 e. The van der Waals surface area contributed by atoms with Gasteiger partial charge >= 0.3 is 0 Å². The molecule has 0 aromatic carbocycles. The molecule has 7 heteroatoms. The van der Waals surface area contributed by atoms with Crippen LogP contribution in [0, 0.1) is 23.7 Å². The van der Waals surface area contributed by atoms with E-state index in [1.54, 1.807) is 0 Å². The molecule has 2 unspecified atom stereocenters. The van der Waals surface area contributed by atoms with Gasteiger partial charge in [-0.2, -0.15) is 0 Å². The van der Waals surface area contributed by atoms with Crippen LogP contribution in [0.2, 0.25) is 0 Å². The van der Waals surface area contributed by atoms with E-state index in [0.29, 0.717) is 25.3 Å². The van der Waals surface area contributed by atoms with Crippen molar-refractivity contribution in [1.29, 1.82) is 0 Å². The number of carbonyl (C=O) groups is 4. The standard InChI is InChI=1S/C21H37N3O4/c1-12(2)7-8-23-19(26)18-17(25)11-15(9-13(3)4)20(27)24(18)21(28)16(22)10-14(5)6/h12-16,18H,7-11,22H2,1-6H3,(H,23,26)/t15?,16?,18-/m0/s1. The number of amides is 3. The third-order valence-electron chi connectivity index (χ3n) is 4.90. The number of hydrogen-bond donors (Lipinski definition) is 2. The second kappa shape index (κ2) is 10.7. The molecule has 28 heavy (non-hydrogen) atoms. The van der Waals surface area contributed by atoms with Crippen molar-refractivity contribution in [3.63, 3.8) is 0 Å². The lowest BCUT2D eigenvalue weighted by Crippen LogP contribution is -2.64. The highest BCUT2D eigenvalue weighted by atomic mass is 16.2. The number of Topliss-reactive ketones (excluding diaryl/α,β-unsaturated/α-hetero) is 1. The van der Waals surface area contributed by atoms with Crippen molar-refractivity contribution in [2.24, 2.45) is 29.4 Å². The maximum Gasteiger partial charge on any atom is 0.251 e. The van der Waals surface area contributed by atoms with Gasteiger partial charge in [0.25, 0.3) is 5.91 Å². The maximum absolute atomic E-state index is 13.1. The first kappa shape index (κ1) is 24.3. The van der Waals surface area contributed by atoms with Gasteiger partial charge in [-0.1, -0.05) is 41.5 Å². The van der Waals surface area contributed by atoms with Crippen LogP contribution in [0.3, 0.4) is 0 Å². The Morgan fingerprint density at radius 1 is 1.07 bits per heavy atom. The number of rotatable bonds is 9. The molecule has 1 rings (SSSR count). The number of imide groups is 1. The van der Waals surface area contributed by atoms with Crippen molar-refractivity contribution < 1.29 is 19.2 Å². The molecule has 0 bridgehead atoms. The molecule has 7 nitrogen and oxygen atoms in total. The van der Waals surface area contributed by atoms with Crippen LogP contribution in [-0.2, 0) is 19.2 Å². The molecule has 1 saturated heterocycles. The lowest BCUT2D eigenvalue weighted by atomic mass is 9.84. The summed E-state index contributed by atoms with van der Waals surface area (Å²) in [5.41, 5.74) is 6.02. The third kappa shape index (κ3) is 6.69. The number of piperidine rings is 1. The minimum absolute atomic E-state index is 0.0114. The Kier molecular flexibility index (Phi) is 9.27. The van der Waals surface area contributed by atoms with E-state index >= 15 is 0 Å². The zero-order valence-corrected chi connectivity index (χ0v) is 18.2. The number of nitrogens with zero attached hydrogens (tertiary/aromatic N) is 1. The lowest BCUT2D eigenvalue weighted by molar-refractivity contribution is -0.163. The molecule has 160 valence electrons. The molecular formula is C21H37N3O4. The highest BCUT2D eigenvalue weighted by Crippen LogP contribution is 2.27. The molecule has 0 saturated carbocycles. The Balaban J connectivity index is 3.11. The molecule has 1 fully saturated rings. The van der Waals surface area contributed by atoms with E-state index in [1.807, 2.05) is 41.5 Å². The molecular weight excluding hydrogens is 358 g/mol. The van der Waals surface area contributed by atoms with Crippen molar-refractivity contribution in [1.82, 2.24) is 10.2 Å². The Morgan fingerprint density at radius 3 is 2.18 bits per heavy atom. The zero-order valence-electron chi connectivity index (χ0n) is 18.2. The average Bonchev–Trinajstić information content (AvgIpc) is 2.55. The third-order valence-corrected chi connectivity index (χ3v) is 4.90. The molecule has 3 amide bonds. The van der Waals surface area contributed by atoms with E-state index in [1.165, 1.54) is 0 Å². The van der Waals surface area contributed by atoms with Gasteiger partial charge in [-0.25, -0.2) is 0 Å². The van der Waals surface area contributed by atoms with Crippen molar-refractivity contribution in [2.45, 2.75) is 79.3 Å². The second-order valence-electron chi connectivity index (χ2n) is 9.16. The van der Waals surface area contributed by atoms with Crippen molar-refractivity contribution >= 4 is 23.5 Å². The Morgan fingerprint density at radius 2 is 1.68 bits per heavy atom. The summed E-state index contributed by atoms with van der Waals surface area (Å²) in [4.78, 5) is 52.4. The fraction of sp³-hybridized carbons (Fsp3) is 0.810. The van der Waals surface area contributed by atoms with Gasteiger partial charge in [0.2, 0.25) is 11.8 Å². The van der Waals surface area contributed by atoms with E-state index in [2.05, 4.69) is 5.32 Å². The first-order valence-corrected chi connectivity index (χ1v) is 10.4. The first-order chi connectivity index (χ1) is 13.0. The summed E-state index contributed by atoms with van der Waals surface area (Å²) in [6.07, 6.45) is 1.61. The Bertz CT molecular complexity index is 570. The van der Waals surface area contributed by atoms with Crippen LogP contribution in [0.15, 0.2) is 0 Å². The van der Waals surface area contributed by atoms with E-state index in [4.69, 9.17) is 5.73 Å². The van der Waals surface area contributed by atoms with Gasteiger partial charge in [-0.3, -0.25) is 24.1 Å². The first-order valence-electron chi connectivity index (χ1n) is 10.4. The highest BCUT2D eigenvalue weighted by Gasteiger charge is 2.48. The summed E-state index contributed by atoms with van der Waals surface area (Å²) in [6.45, 7) is 12.2. The van der Waals surface area contributed by atoms with E-state index in [0.717, 1.165) is 11.3 Å². The summed E-state index contributed by atoms with van der Waals surface area (Å²) < 4.78 is 0. The zero-order chi connectivity index (χ0) is 21.6. The summed E-state index contributed by atoms with van der Waals surface area (Å²) in [6, 6.07) is -2.32. The van der Waals surface area contributed by atoms with Gasteiger partial charge in [0.05, 0.1) is 6.04 Å². The minimum atomic E-state index is -1.41. The number of nitrogens with two attached hydrogens (primary N) is 1. The second-order valence-corrected chi connectivity index (χ2v) is 9.16. The average molecular weight is 396 g/mol. The SMILES string of the molecule is CC(C)CCNC(=O)[C@@H]1C(=O)CC(CC(C)C)C(=O)N1C(=O)C(N)CC(C)C. The number of ketones is 1. The summed E-state index contributed by atoms with van der Waals surface area (Å²) in [5, 5.41) is 2.71. The number of likely N-dealkylation sites (tertiary alicyclic amines) is 1. The fourth-order valence-corrected chi connectivity index (χ4v) is 3.53. The van der Waals surface area contributed by atoms with Crippen LogP contribution in [0.25, 0.3) is 0 Å². The van der Waals surface area contributed by atoms with Gasteiger partial charge in [0.1, 0.15) is 0 Å². The number of nitrogens with one attached hydrogen (secondary N) is 1. The lowest BCUT2D eigenvalue weighted by Gasteiger charge is -2.37. The molecule has 3 N–H and O–H groups in total. The molecule has 0 radical (unpaired) electrons. The molecule has 0 aliphatic carbocycles. The van der Waals surface area contributed by atoms with E-state index < -0.39 is 41.5 Å². The van der Waals surface area contributed by atoms with Crippen LogP contribution in [0.4, 0.5) is 0 Å². The summed E-state index contributed by atoms with van der Waals surface area (Å²) >= 11 is 0. The van der Waals surface area contributed by atoms with Crippen LogP contribution in [0.1, 0.15) is 67.2 Å². The summed E-state index contributed by atoms with van der Waals surface area (Å²) in [5.74, 6) is -1.92. The van der Waals surface area contributed by atoms with Gasteiger partial charge in [0.15, 0.2) is 11.8 Å². The molecule has 3 atom stereocenters. The predicted molar refractivity (Wildman–Crippen MR) is 108 cm³/mol. The number of hydrogen-bond acceptors (Lipinski definition) is 5. The maximum atomic E-state index is 13.1. The van der Waals surface area contributed by atoms with Crippen LogP contribution >= 0.6 is 0 Å². The van der Waals surface area contributed by atoms with Crippen LogP contribution in [-0.4, -0.2) is 47.0 Å². The monoisotopic (exact) mass is 395 g/mol. The van der Waals surface area contributed by atoms with Crippen molar-refractivity contribution in [2.75, 3.05) is 6.54 Å². The molecule has 1 aliphatic rings. The van der Waals surface area contributed by atoms with Gasteiger partial charge < -0.3 is 11.1 Å². The van der Waals surface area contributed by atoms with E-state index in [-0.39, 0.29) is 18.3 Å². The molecule has 1 heterocycles. The quantitative estimate of drug-likeness (QED) is 0.579. The fourth-order valence-electron chi connectivity index (χ4n) is 3.53. The van der Waals surface area contributed by atoms with Crippen LogP contribution in [0.5, 0.6) is 0 Å². The predicted octanol–water partition coefficient (Wildman–Crippen LogP) is 1.88. The largest absolute Gasteiger partial charge is 0.354 e.